The summed E-state index contributed by atoms with van der Waals surface area (Å²) in [4.78, 5) is 14.8. The number of carbonyl (C=O) groups is 1. The Morgan fingerprint density at radius 2 is 2.07 bits per heavy atom. The molecule has 0 aliphatic carbocycles. The lowest BCUT2D eigenvalue weighted by Gasteiger charge is -2.04. The van der Waals surface area contributed by atoms with E-state index in [1.807, 2.05) is 0 Å². The maximum Gasteiger partial charge on any atom is 0.350 e. The van der Waals surface area contributed by atoms with Crippen molar-refractivity contribution in [3.63, 3.8) is 0 Å². The van der Waals surface area contributed by atoms with Gasteiger partial charge in [0.1, 0.15) is 6.61 Å². The Morgan fingerprint density at radius 1 is 1.47 bits per heavy atom. The van der Waals surface area contributed by atoms with E-state index in [4.69, 9.17) is 33.1 Å². The molecule has 1 N–H and O–H groups in total. The van der Waals surface area contributed by atoms with Crippen molar-refractivity contribution in [1.82, 2.24) is 0 Å². The molecule has 0 aromatic heterocycles. The first-order chi connectivity index (χ1) is 7.11. The number of nitrogens with zero attached hydrogens (tertiary/aromatic N) is 1. The predicted molar refractivity (Wildman–Crippen MR) is 57.4 cm³/mol. The number of carboxylic acids is 1. The summed E-state index contributed by atoms with van der Waals surface area (Å²) < 4.78 is 0. The molecule has 0 atom stereocenters. The summed E-state index contributed by atoms with van der Waals surface area (Å²) in [6, 6.07) is 5.02. The molecule has 80 valence electrons. The number of benzene rings is 1. The predicted octanol–water partition coefficient (Wildman–Crippen LogP) is 2.58. The second-order valence-electron chi connectivity index (χ2n) is 2.55. The van der Waals surface area contributed by atoms with Crippen LogP contribution in [0.3, 0.4) is 0 Å². The van der Waals surface area contributed by atoms with Crippen molar-refractivity contribution in [2.75, 3.05) is 0 Å². The van der Waals surface area contributed by atoms with Crippen LogP contribution in [0.25, 0.3) is 0 Å². The SMILES string of the molecule is O=C(O)C=NOCc1c(Cl)cccc1Cl. The lowest BCUT2D eigenvalue weighted by molar-refractivity contribution is -0.129. The first kappa shape index (κ1) is 11.8. The van der Waals surface area contributed by atoms with Crippen LogP contribution in [0.5, 0.6) is 0 Å². The summed E-state index contributed by atoms with van der Waals surface area (Å²) in [6.07, 6.45) is 0.644. The Labute approximate surface area is 96.1 Å². The summed E-state index contributed by atoms with van der Waals surface area (Å²) in [5.74, 6) is -1.18. The van der Waals surface area contributed by atoms with E-state index in [0.29, 0.717) is 21.8 Å². The molecular formula is C9H7Cl2NO3. The summed E-state index contributed by atoms with van der Waals surface area (Å²) in [6.45, 7) is 0.0300. The Hall–Kier alpha value is -1.26. The molecule has 0 spiro atoms. The summed E-state index contributed by atoms with van der Waals surface area (Å²) in [5, 5.41) is 12.3. The van der Waals surface area contributed by atoms with Gasteiger partial charge in [-0.3, -0.25) is 0 Å². The minimum Gasteiger partial charge on any atom is -0.477 e. The van der Waals surface area contributed by atoms with Gasteiger partial charge >= 0.3 is 5.97 Å². The quantitative estimate of drug-likeness (QED) is 0.658. The third kappa shape index (κ3) is 3.77. The first-order valence-corrected chi connectivity index (χ1v) is 4.68. The van der Waals surface area contributed by atoms with Crippen molar-refractivity contribution in [2.45, 2.75) is 6.61 Å². The number of halogens is 2. The molecule has 1 rings (SSSR count). The largest absolute Gasteiger partial charge is 0.477 e. The molecule has 0 aliphatic heterocycles. The van der Waals surface area contributed by atoms with Crippen molar-refractivity contribution >= 4 is 35.4 Å². The smallest absolute Gasteiger partial charge is 0.350 e. The van der Waals surface area contributed by atoms with Gasteiger partial charge in [0.2, 0.25) is 0 Å². The molecule has 0 radical (unpaired) electrons. The fraction of sp³-hybridized carbons (Fsp3) is 0.111. The number of hydrogen-bond donors (Lipinski definition) is 1. The molecule has 4 nitrogen and oxygen atoms in total. The van der Waals surface area contributed by atoms with E-state index in [2.05, 4.69) is 5.16 Å². The van der Waals surface area contributed by atoms with Gasteiger partial charge in [-0.05, 0) is 12.1 Å². The summed E-state index contributed by atoms with van der Waals surface area (Å²) in [7, 11) is 0. The zero-order valence-corrected chi connectivity index (χ0v) is 9.00. The van der Waals surface area contributed by atoms with Crippen LogP contribution < -0.4 is 0 Å². The van der Waals surface area contributed by atoms with Crippen LogP contribution in [0.15, 0.2) is 23.4 Å². The molecule has 6 heteroatoms. The van der Waals surface area contributed by atoms with Crippen LogP contribution in [0.4, 0.5) is 0 Å². The molecule has 0 heterocycles. The highest BCUT2D eigenvalue weighted by Crippen LogP contribution is 2.24. The second-order valence-corrected chi connectivity index (χ2v) is 3.36. The molecule has 0 bridgehead atoms. The molecule has 0 saturated carbocycles. The highest BCUT2D eigenvalue weighted by atomic mass is 35.5. The zero-order valence-electron chi connectivity index (χ0n) is 7.48. The van der Waals surface area contributed by atoms with Crippen LogP contribution in [-0.4, -0.2) is 17.3 Å². The second kappa shape index (κ2) is 5.58. The van der Waals surface area contributed by atoms with Crippen molar-refractivity contribution in [3.05, 3.63) is 33.8 Å². The first-order valence-electron chi connectivity index (χ1n) is 3.92. The van der Waals surface area contributed by atoms with Gasteiger partial charge in [-0.25, -0.2) is 4.79 Å². The number of oxime groups is 1. The fourth-order valence-electron chi connectivity index (χ4n) is 0.854. The minimum atomic E-state index is -1.18. The monoisotopic (exact) mass is 247 g/mol. The standard InChI is InChI=1S/C9H7Cl2NO3/c10-7-2-1-3-8(11)6(7)5-15-12-4-9(13)14/h1-4H,5H2,(H,13,14). The topological polar surface area (TPSA) is 58.9 Å². The van der Waals surface area contributed by atoms with Crippen LogP contribution in [-0.2, 0) is 16.2 Å². The molecule has 0 aliphatic rings. The minimum absolute atomic E-state index is 0.0300. The molecule has 0 unspecified atom stereocenters. The van der Waals surface area contributed by atoms with Gasteiger partial charge in [-0.1, -0.05) is 34.4 Å². The van der Waals surface area contributed by atoms with Gasteiger partial charge in [-0.2, -0.15) is 0 Å². The fourth-order valence-corrected chi connectivity index (χ4v) is 1.36. The Bertz CT molecular complexity index is 373. The molecule has 1 aromatic rings. The number of rotatable bonds is 4. The number of aliphatic carboxylic acids is 1. The van der Waals surface area contributed by atoms with Gasteiger partial charge in [0.15, 0.2) is 6.21 Å². The average Bonchev–Trinajstić information content (AvgIpc) is 2.15. The van der Waals surface area contributed by atoms with Gasteiger partial charge in [0.05, 0.1) is 0 Å². The van der Waals surface area contributed by atoms with Crippen molar-refractivity contribution in [2.24, 2.45) is 5.16 Å². The average molecular weight is 248 g/mol. The summed E-state index contributed by atoms with van der Waals surface area (Å²) in [5.41, 5.74) is 0.573. The molecule has 1 aromatic carbocycles. The van der Waals surface area contributed by atoms with Crippen LogP contribution in [0.2, 0.25) is 10.0 Å². The van der Waals surface area contributed by atoms with E-state index < -0.39 is 5.97 Å². The molecule has 15 heavy (non-hydrogen) atoms. The van der Waals surface area contributed by atoms with Gasteiger partial charge in [0.25, 0.3) is 0 Å². The van der Waals surface area contributed by atoms with E-state index in [1.165, 1.54) is 0 Å². The van der Waals surface area contributed by atoms with E-state index in [9.17, 15) is 4.79 Å². The zero-order chi connectivity index (χ0) is 11.3. The van der Waals surface area contributed by atoms with Crippen molar-refractivity contribution in [3.8, 4) is 0 Å². The lowest BCUT2D eigenvalue weighted by atomic mass is 10.2. The van der Waals surface area contributed by atoms with Gasteiger partial charge < -0.3 is 9.94 Å². The number of hydrogen-bond acceptors (Lipinski definition) is 3. The lowest BCUT2D eigenvalue weighted by Crippen LogP contribution is -1.97. The van der Waals surface area contributed by atoms with Crippen LogP contribution >= 0.6 is 23.2 Å². The third-order valence-corrected chi connectivity index (χ3v) is 2.22. The highest BCUT2D eigenvalue weighted by molar-refractivity contribution is 6.35. The summed E-state index contributed by atoms with van der Waals surface area (Å²) >= 11 is 11.7. The Kier molecular flexibility index (Phi) is 4.39. The Balaban J connectivity index is 2.61. The van der Waals surface area contributed by atoms with E-state index in [-0.39, 0.29) is 6.61 Å². The third-order valence-electron chi connectivity index (χ3n) is 1.51. The van der Waals surface area contributed by atoms with E-state index >= 15 is 0 Å². The van der Waals surface area contributed by atoms with Gasteiger partial charge in [0, 0.05) is 15.6 Å². The Morgan fingerprint density at radius 3 is 2.60 bits per heavy atom. The molecule has 0 fully saturated rings. The maximum atomic E-state index is 10.1. The van der Waals surface area contributed by atoms with Crippen molar-refractivity contribution < 1.29 is 14.7 Å². The highest BCUT2D eigenvalue weighted by Gasteiger charge is 2.05. The van der Waals surface area contributed by atoms with Crippen molar-refractivity contribution in [1.29, 1.82) is 0 Å². The maximum absolute atomic E-state index is 10.1. The van der Waals surface area contributed by atoms with Crippen LogP contribution in [0, 0.1) is 0 Å². The molecule has 0 saturated heterocycles. The number of carboxylic acid groups (broad SMARTS) is 1. The van der Waals surface area contributed by atoms with E-state index in [1.54, 1.807) is 18.2 Å². The molecular weight excluding hydrogens is 241 g/mol. The van der Waals surface area contributed by atoms with Gasteiger partial charge in [-0.15, -0.1) is 0 Å². The molecule has 0 amide bonds. The van der Waals surface area contributed by atoms with Crippen LogP contribution in [0.1, 0.15) is 5.56 Å². The van der Waals surface area contributed by atoms with E-state index in [0.717, 1.165) is 0 Å². The normalized spacial score (nSPS) is 10.5.